The molecule has 0 bridgehead atoms. The van der Waals surface area contributed by atoms with Gasteiger partial charge in [-0.15, -0.1) is 11.8 Å². The molecule has 86 valence electrons. The van der Waals surface area contributed by atoms with Crippen LogP contribution in [0.25, 0.3) is 0 Å². The minimum atomic E-state index is -2.95. The maximum Gasteiger partial charge on any atom is 0.148 e. The van der Waals surface area contributed by atoms with Crippen LogP contribution in [-0.4, -0.2) is 26.2 Å². The van der Waals surface area contributed by atoms with Gasteiger partial charge in [0.2, 0.25) is 0 Å². The molecule has 0 amide bonds. The van der Waals surface area contributed by atoms with E-state index >= 15 is 0 Å². The van der Waals surface area contributed by atoms with E-state index in [4.69, 9.17) is 11.0 Å². The van der Waals surface area contributed by atoms with Crippen LogP contribution in [0.15, 0.2) is 23.1 Å². The first-order valence-electron chi connectivity index (χ1n) is 4.52. The summed E-state index contributed by atoms with van der Waals surface area (Å²) >= 11 is 1.35. The fourth-order valence-electron chi connectivity index (χ4n) is 1.06. The van der Waals surface area contributed by atoms with E-state index in [2.05, 4.69) is 0 Å². The molecule has 1 aromatic rings. The van der Waals surface area contributed by atoms with Gasteiger partial charge >= 0.3 is 0 Å². The Balaban J connectivity index is 2.72. The molecule has 0 saturated heterocycles. The number of hydrogen-bond donors (Lipinski definition) is 1. The van der Waals surface area contributed by atoms with E-state index in [0.717, 1.165) is 4.90 Å². The zero-order valence-corrected chi connectivity index (χ0v) is 10.4. The van der Waals surface area contributed by atoms with Gasteiger partial charge in [-0.2, -0.15) is 5.26 Å². The fraction of sp³-hybridized carbons (Fsp3) is 0.300. The highest BCUT2D eigenvalue weighted by Gasteiger charge is 2.06. The van der Waals surface area contributed by atoms with Crippen LogP contribution in [0.5, 0.6) is 0 Å². The van der Waals surface area contributed by atoms with Crippen LogP contribution in [0.1, 0.15) is 5.56 Å². The van der Waals surface area contributed by atoms with Gasteiger partial charge in [0.15, 0.2) is 0 Å². The number of hydrogen-bond acceptors (Lipinski definition) is 5. The monoisotopic (exact) mass is 256 g/mol. The summed E-state index contributed by atoms with van der Waals surface area (Å²) in [5.41, 5.74) is 6.56. The number of nitrogens with zero attached hydrogens (tertiary/aromatic N) is 1. The van der Waals surface area contributed by atoms with E-state index in [1.54, 1.807) is 18.2 Å². The van der Waals surface area contributed by atoms with Crippen molar-refractivity contribution >= 4 is 27.3 Å². The Morgan fingerprint density at radius 3 is 2.75 bits per heavy atom. The van der Waals surface area contributed by atoms with Crippen molar-refractivity contribution in [3.63, 3.8) is 0 Å². The summed E-state index contributed by atoms with van der Waals surface area (Å²) in [4.78, 5) is 0.764. The summed E-state index contributed by atoms with van der Waals surface area (Å²) in [6, 6.07) is 7.05. The van der Waals surface area contributed by atoms with E-state index in [1.807, 2.05) is 6.07 Å². The number of anilines is 1. The molecule has 0 unspecified atom stereocenters. The van der Waals surface area contributed by atoms with Crippen molar-refractivity contribution in [2.45, 2.75) is 4.90 Å². The molecule has 0 fully saturated rings. The second-order valence-electron chi connectivity index (χ2n) is 3.35. The van der Waals surface area contributed by atoms with Gasteiger partial charge in [-0.05, 0) is 18.2 Å². The van der Waals surface area contributed by atoms with Crippen LogP contribution in [0.2, 0.25) is 0 Å². The molecule has 1 rings (SSSR count). The number of benzene rings is 1. The predicted molar refractivity (Wildman–Crippen MR) is 66.0 cm³/mol. The number of nitriles is 1. The van der Waals surface area contributed by atoms with Crippen LogP contribution >= 0.6 is 11.8 Å². The summed E-state index contributed by atoms with van der Waals surface area (Å²) < 4.78 is 21.9. The standard InChI is InChI=1S/C10H12N2O2S2/c1-16(13,14)5-4-15-10-3-2-9(12)6-8(10)7-11/h2-3,6H,4-5,12H2,1H3. The molecule has 0 aromatic heterocycles. The van der Waals surface area contributed by atoms with Crippen molar-refractivity contribution in [1.82, 2.24) is 0 Å². The first-order valence-corrected chi connectivity index (χ1v) is 7.57. The van der Waals surface area contributed by atoms with E-state index in [9.17, 15) is 8.42 Å². The Kier molecular flexibility index (Phi) is 4.21. The molecule has 16 heavy (non-hydrogen) atoms. The fourth-order valence-corrected chi connectivity index (χ4v) is 3.25. The molecule has 1 aromatic carbocycles. The lowest BCUT2D eigenvalue weighted by atomic mass is 10.2. The molecule has 2 N–H and O–H groups in total. The minimum absolute atomic E-state index is 0.104. The zero-order chi connectivity index (χ0) is 12.2. The van der Waals surface area contributed by atoms with Gasteiger partial charge in [0.05, 0.1) is 11.3 Å². The van der Waals surface area contributed by atoms with E-state index in [0.29, 0.717) is 17.0 Å². The van der Waals surface area contributed by atoms with E-state index in [-0.39, 0.29) is 5.75 Å². The second kappa shape index (κ2) is 5.23. The lowest BCUT2D eigenvalue weighted by Crippen LogP contribution is -2.05. The number of rotatable bonds is 4. The molecular formula is C10H12N2O2S2. The molecule has 0 spiro atoms. The van der Waals surface area contributed by atoms with Crippen molar-refractivity contribution in [3.05, 3.63) is 23.8 Å². The van der Waals surface area contributed by atoms with Gasteiger partial charge in [-0.1, -0.05) is 0 Å². The summed E-state index contributed by atoms with van der Waals surface area (Å²) in [6.07, 6.45) is 1.20. The van der Waals surface area contributed by atoms with Crippen molar-refractivity contribution < 1.29 is 8.42 Å². The molecular weight excluding hydrogens is 244 g/mol. The molecule has 6 heteroatoms. The largest absolute Gasteiger partial charge is 0.399 e. The molecule has 0 aliphatic rings. The molecule has 0 heterocycles. The molecule has 0 atom stereocenters. The molecule has 0 aliphatic heterocycles. The van der Waals surface area contributed by atoms with Crippen LogP contribution in [0.3, 0.4) is 0 Å². The van der Waals surface area contributed by atoms with Gasteiger partial charge in [0, 0.05) is 22.6 Å². The summed E-state index contributed by atoms with van der Waals surface area (Å²) in [5, 5.41) is 8.86. The normalized spacial score (nSPS) is 11.0. The van der Waals surface area contributed by atoms with Gasteiger partial charge in [0.1, 0.15) is 15.9 Å². The molecule has 4 nitrogen and oxygen atoms in total. The van der Waals surface area contributed by atoms with E-state index in [1.165, 1.54) is 18.0 Å². The van der Waals surface area contributed by atoms with Crippen molar-refractivity contribution in [2.75, 3.05) is 23.5 Å². The van der Waals surface area contributed by atoms with Crippen molar-refractivity contribution in [2.24, 2.45) is 0 Å². The Morgan fingerprint density at radius 2 is 2.19 bits per heavy atom. The predicted octanol–water partition coefficient (Wildman–Crippen LogP) is 1.28. The average Bonchev–Trinajstić information content (AvgIpc) is 2.18. The van der Waals surface area contributed by atoms with Crippen LogP contribution in [0.4, 0.5) is 5.69 Å². The first-order chi connectivity index (χ1) is 7.42. The maximum absolute atomic E-state index is 10.9. The molecule has 0 radical (unpaired) electrons. The van der Waals surface area contributed by atoms with Crippen molar-refractivity contribution in [3.8, 4) is 6.07 Å². The average molecular weight is 256 g/mol. The summed E-state index contributed by atoms with van der Waals surface area (Å²) in [6.45, 7) is 0. The lowest BCUT2D eigenvalue weighted by molar-refractivity contribution is 0.603. The quantitative estimate of drug-likeness (QED) is 0.648. The minimum Gasteiger partial charge on any atom is -0.399 e. The highest BCUT2D eigenvalue weighted by Crippen LogP contribution is 2.24. The Hall–Kier alpha value is -1.19. The number of sulfone groups is 1. The SMILES string of the molecule is CS(=O)(=O)CCSc1ccc(N)cc1C#N. The summed E-state index contributed by atoms with van der Waals surface area (Å²) in [5.74, 6) is 0.546. The maximum atomic E-state index is 10.9. The van der Waals surface area contributed by atoms with Crippen LogP contribution in [0, 0.1) is 11.3 Å². The molecule has 0 saturated carbocycles. The highest BCUT2D eigenvalue weighted by atomic mass is 32.2. The topological polar surface area (TPSA) is 83.9 Å². The number of thioether (sulfide) groups is 1. The first kappa shape index (κ1) is 12.9. The third-order valence-electron chi connectivity index (χ3n) is 1.84. The Morgan fingerprint density at radius 1 is 1.50 bits per heavy atom. The number of nitrogen functional groups attached to an aromatic ring is 1. The third-order valence-corrected chi connectivity index (χ3v) is 4.12. The second-order valence-corrected chi connectivity index (χ2v) is 6.74. The highest BCUT2D eigenvalue weighted by molar-refractivity contribution is 8.00. The van der Waals surface area contributed by atoms with Crippen LogP contribution < -0.4 is 5.73 Å². The van der Waals surface area contributed by atoms with Crippen LogP contribution in [-0.2, 0) is 9.84 Å². The smallest absolute Gasteiger partial charge is 0.148 e. The Bertz CT molecular complexity index is 518. The van der Waals surface area contributed by atoms with Gasteiger partial charge in [-0.3, -0.25) is 0 Å². The molecule has 0 aliphatic carbocycles. The zero-order valence-electron chi connectivity index (χ0n) is 8.80. The van der Waals surface area contributed by atoms with Crippen molar-refractivity contribution in [1.29, 1.82) is 5.26 Å². The van der Waals surface area contributed by atoms with Gasteiger partial charge in [0.25, 0.3) is 0 Å². The lowest BCUT2D eigenvalue weighted by Gasteiger charge is -2.04. The van der Waals surface area contributed by atoms with E-state index < -0.39 is 9.84 Å². The van der Waals surface area contributed by atoms with Gasteiger partial charge < -0.3 is 5.73 Å². The Labute approximate surface area is 99.4 Å². The number of nitrogens with two attached hydrogens (primary N) is 1. The third kappa shape index (κ3) is 4.13. The summed E-state index contributed by atoms with van der Waals surface area (Å²) in [7, 11) is -2.95. The van der Waals surface area contributed by atoms with Gasteiger partial charge in [-0.25, -0.2) is 8.42 Å².